The second kappa shape index (κ2) is 9.46. The molecule has 1 amide bonds. The highest BCUT2D eigenvalue weighted by Crippen LogP contribution is 2.22. The molecule has 0 saturated heterocycles. The van der Waals surface area contributed by atoms with Crippen LogP contribution in [0.2, 0.25) is 0 Å². The standard InChI is InChI=1S/C23H23N5O3/c29-10-8-20(15-30)25-23(31)21-4-2-1-3-19(21)13-28-14-22(26-27-28)17-5-6-18-12-24-9-7-16(18)11-17/h1-7,9,11-12,14,20,29-30H,8,10,13,15H2,(H,25,31)/t20-/m0/s1. The van der Waals surface area contributed by atoms with Gasteiger partial charge >= 0.3 is 0 Å². The Morgan fingerprint density at radius 1 is 1.10 bits per heavy atom. The van der Waals surface area contributed by atoms with E-state index in [4.69, 9.17) is 5.11 Å². The van der Waals surface area contributed by atoms with Crippen molar-refractivity contribution in [2.45, 2.75) is 19.0 Å². The summed E-state index contributed by atoms with van der Waals surface area (Å²) in [5.74, 6) is -0.299. The average molecular weight is 417 g/mol. The largest absolute Gasteiger partial charge is 0.396 e. The Bertz CT molecular complexity index is 1190. The molecule has 4 rings (SSSR count). The van der Waals surface area contributed by atoms with Gasteiger partial charge in [-0.1, -0.05) is 35.5 Å². The molecule has 4 aromatic rings. The molecule has 2 heterocycles. The highest BCUT2D eigenvalue weighted by Gasteiger charge is 2.16. The maximum absolute atomic E-state index is 12.7. The van der Waals surface area contributed by atoms with Crippen molar-refractivity contribution < 1.29 is 15.0 Å². The number of carbonyl (C=O) groups excluding carboxylic acids is 1. The Morgan fingerprint density at radius 2 is 1.97 bits per heavy atom. The van der Waals surface area contributed by atoms with Gasteiger partial charge in [0.2, 0.25) is 0 Å². The van der Waals surface area contributed by atoms with Crippen molar-refractivity contribution in [3.05, 3.63) is 78.2 Å². The van der Waals surface area contributed by atoms with Gasteiger partial charge in [-0.2, -0.15) is 0 Å². The van der Waals surface area contributed by atoms with E-state index in [1.54, 1.807) is 23.0 Å². The van der Waals surface area contributed by atoms with Crippen molar-refractivity contribution in [2.24, 2.45) is 0 Å². The van der Waals surface area contributed by atoms with Crippen molar-refractivity contribution in [1.29, 1.82) is 0 Å². The number of aliphatic hydroxyl groups is 2. The van der Waals surface area contributed by atoms with Crippen LogP contribution in [0.1, 0.15) is 22.3 Å². The number of aromatic nitrogens is 4. The summed E-state index contributed by atoms with van der Waals surface area (Å²) in [6, 6.07) is 14.7. The quantitative estimate of drug-likeness (QED) is 0.404. The number of rotatable bonds is 8. The zero-order chi connectivity index (χ0) is 21.6. The fourth-order valence-corrected chi connectivity index (χ4v) is 3.43. The molecule has 0 radical (unpaired) electrons. The molecular formula is C23H23N5O3. The van der Waals surface area contributed by atoms with Gasteiger partial charge < -0.3 is 15.5 Å². The number of nitrogens with one attached hydrogen (secondary N) is 1. The van der Waals surface area contributed by atoms with Gasteiger partial charge in [-0.05, 0) is 35.6 Å². The second-order valence-corrected chi connectivity index (χ2v) is 7.26. The van der Waals surface area contributed by atoms with Gasteiger partial charge in [0.15, 0.2) is 0 Å². The lowest BCUT2D eigenvalue weighted by Crippen LogP contribution is -2.38. The van der Waals surface area contributed by atoms with Crippen molar-refractivity contribution in [3.8, 4) is 11.3 Å². The lowest BCUT2D eigenvalue weighted by Gasteiger charge is -2.16. The molecule has 31 heavy (non-hydrogen) atoms. The van der Waals surface area contributed by atoms with Gasteiger partial charge in [-0.25, -0.2) is 4.68 Å². The Hall–Kier alpha value is -3.62. The third-order valence-corrected chi connectivity index (χ3v) is 5.10. The van der Waals surface area contributed by atoms with Crippen LogP contribution in [0, 0.1) is 0 Å². The zero-order valence-corrected chi connectivity index (χ0v) is 16.8. The molecule has 1 atom stereocenters. The molecule has 3 N–H and O–H groups in total. The summed E-state index contributed by atoms with van der Waals surface area (Å²) < 4.78 is 1.69. The molecule has 8 heteroatoms. The molecule has 0 saturated carbocycles. The minimum atomic E-state index is -0.494. The van der Waals surface area contributed by atoms with E-state index >= 15 is 0 Å². The number of pyridine rings is 1. The molecule has 0 unspecified atom stereocenters. The summed E-state index contributed by atoms with van der Waals surface area (Å²) in [7, 11) is 0. The van der Waals surface area contributed by atoms with E-state index in [1.807, 2.05) is 48.8 Å². The molecule has 0 aliphatic heterocycles. The molecule has 0 aliphatic carbocycles. The minimum absolute atomic E-state index is 0.111. The van der Waals surface area contributed by atoms with Crippen LogP contribution in [0.15, 0.2) is 67.1 Å². The molecule has 2 aromatic carbocycles. The van der Waals surface area contributed by atoms with Crippen LogP contribution in [0.3, 0.4) is 0 Å². The third kappa shape index (κ3) is 4.76. The van der Waals surface area contributed by atoms with Crippen molar-refractivity contribution >= 4 is 16.7 Å². The van der Waals surface area contributed by atoms with Crippen molar-refractivity contribution in [2.75, 3.05) is 13.2 Å². The second-order valence-electron chi connectivity index (χ2n) is 7.26. The maximum Gasteiger partial charge on any atom is 0.251 e. The van der Waals surface area contributed by atoms with Crippen LogP contribution in [0.5, 0.6) is 0 Å². The third-order valence-electron chi connectivity index (χ3n) is 5.10. The number of fused-ring (bicyclic) bond motifs is 1. The summed E-state index contributed by atoms with van der Waals surface area (Å²) in [4.78, 5) is 16.8. The van der Waals surface area contributed by atoms with E-state index < -0.39 is 6.04 Å². The molecule has 0 bridgehead atoms. The SMILES string of the molecule is O=C(N[C@H](CO)CCO)c1ccccc1Cn1cc(-c2ccc3cnccc3c2)nn1. The van der Waals surface area contributed by atoms with E-state index in [-0.39, 0.29) is 19.1 Å². The molecule has 158 valence electrons. The molecular weight excluding hydrogens is 394 g/mol. The van der Waals surface area contributed by atoms with Gasteiger partial charge in [-0.3, -0.25) is 9.78 Å². The average Bonchev–Trinajstić information content (AvgIpc) is 3.27. The Labute approximate surface area is 179 Å². The number of hydrogen-bond acceptors (Lipinski definition) is 6. The van der Waals surface area contributed by atoms with Crippen LogP contribution in [-0.2, 0) is 6.54 Å². The Morgan fingerprint density at radius 3 is 2.81 bits per heavy atom. The topological polar surface area (TPSA) is 113 Å². The summed E-state index contributed by atoms with van der Waals surface area (Å²) in [6.45, 7) is 0.0286. The van der Waals surface area contributed by atoms with Gasteiger partial charge in [0, 0.05) is 35.5 Å². The van der Waals surface area contributed by atoms with Crippen LogP contribution in [0.4, 0.5) is 0 Å². The van der Waals surface area contributed by atoms with E-state index in [9.17, 15) is 9.90 Å². The number of aliphatic hydroxyl groups excluding tert-OH is 2. The molecule has 8 nitrogen and oxygen atoms in total. The maximum atomic E-state index is 12.7. The lowest BCUT2D eigenvalue weighted by atomic mass is 10.1. The number of carbonyl (C=O) groups is 1. The van der Waals surface area contributed by atoms with Crippen molar-refractivity contribution in [3.63, 3.8) is 0 Å². The first-order valence-corrected chi connectivity index (χ1v) is 10.0. The van der Waals surface area contributed by atoms with E-state index in [0.29, 0.717) is 18.5 Å². The first-order valence-electron chi connectivity index (χ1n) is 10.0. The normalized spacial score (nSPS) is 12.1. The molecule has 2 aromatic heterocycles. The fraction of sp³-hybridized carbons (Fsp3) is 0.217. The summed E-state index contributed by atoms with van der Waals surface area (Å²) in [6.07, 6.45) is 5.71. The summed E-state index contributed by atoms with van der Waals surface area (Å²) >= 11 is 0. The van der Waals surface area contributed by atoms with Crippen LogP contribution in [0.25, 0.3) is 22.0 Å². The van der Waals surface area contributed by atoms with Gasteiger partial charge in [-0.15, -0.1) is 5.10 Å². The molecule has 0 aliphatic rings. The van der Waals surface area contributed by atoms with Crippen molar-refractivity contribution in [1.82, 2.24) is 25.3 Å². The predicted molar refractivity (Wildman–Crippen MR) is 116 cm³/mol. The summed E-state index contributed by atoms with van der Waals surface area (Å²) in [5, 5.41) is 31.9. The van der Waals surface area contributed by atoms with Gasteiger partial charge in [0.05, 0.1) is 25.4 Å². The van der Waals surface area contributed by atoms with Crippen LogP contribution in [-0.4, -0.2) is 55.4 Å². The number of hydrogen-bond donors (Lipinski definition) is 3. The van der Waals surface area contributed by atoms with E-state index in [2.05, 4.69) is 20.6 Å². The number of nitrogens with zero attached hydrogens (tertiary/aromatic N) is 4. The Kier molecular flexibility index (Phi) is 6.30. The molecule has 0 spiro atoms. The van der Waals surface area contributed by atoms with Gasteiger partial charge in [0.25, 0.3) is 5.91 Å². The number of amides is 1. The fourth-order valence-electron chi connectivity index (χ4n) is 3.43. The monoisotopic (exact) mass is 417 g/mol. The lowest BCUT2D eigenvalue weighted by molar-refractivity contribution is 0.0903. The zero-order valence-electron chi connectivity index (χ0n) is 16.8. The highest BCUT2D eigenvalue weighted by atomic mass is 16.3. The smallest absolute Gasteiger partial charge is 0.251 e. The van der Waals surface area contributed by atoms with Crippen LogP contribution < -0.4 is 5.32 Å². The Balaban J connectivity index is 1.54. The first-order chi connectivity index (χ1) is 15.2. The predicted octanol–water partition coefficient (Wildman–Crippen LogP) is 2.01. The van der Waals surface area contributed by atoms with E-state index in [1.165, 1.54) is 0 Å². The highest BCUT2D eigenvalue weighted by molar-refractivity contribution is 5.95. The molecule has 0 fully saturated rings. The summed E-state index contributed by atoms with van der Waals surface area (Å²) in [5.41, 5.74) is 2.96. The first kappa shape index (κ1) is 20.6. The van der Waals surface area contributed by atoms with E-state index in [0.717, 1.165) is 27.6 Å². The minimum Gasteiger partial charge on any atom is -0.396 e. The van der Waals surface area contributed by atoms with Gasteiger partial charge in [0.1, 0.15) is 5.69 Å². The van der Waals surface area contributed by atoms with Crippen LogP contribution >= 0.6 is 0 Å². The number of benzene rings is 2.